The van der Waals surface area contributed by atoms with Gasteiger partial charge in [-0.15, -0.1) is 0 Å². The molecule has 0 saturated carbocycles. The largest absolute Gasteiger partial charge is 0.374 e. The molecule has 17 heavy (non-hydrogen) atoms. The van der Waals surface area contributed by atoms with Crippen LogP contribution >= 0.6 is 0 Å². The molecule has 0 spiro atoms. The van der Waals surface area contributed by atoms with Gasteiger partial charge in [-0.1, -0.05) is 6.92 Å². The summed E-state index contributed by atoms with van der Waals surface area (Å²) in [5, 5.41) is 3.70. The molecule has 0 aromatic rings. The van der Waals surface area contributed by atoms with E-state index < -0.39 is 0 Å². The van der Waals surface area contributed by atoms with E-state index in [2.05, 4.69) is 24.1 Å². The van der Waals surface area contributed by atoms with Crippen molar-refractivity contribution in [1.29, 1.82) is 0 Å². The van der Waals surface area contributed by atoms with Gasteiger partial charge in [-0.05, 0) is 58.7 Å². The summed E-state index contributed by atoms with van der Waals surface area (Å²) in [6.45, 7) is 9.33. The van der Waals surface area contributed by atoms with Crippen molar-refractivity contribution in [2.24, 2.45) is 0 Å². The van der Waals surface area contributed by atoms with Crippen molar-refractivity contribution in [3.63, 3.8) is 0 Å². The van der Waals surface area contributed by atoms with E-state index in [4.69, 9.17) is 4.74 Å². The Labute approximate surface area is 106 Å². The summed E-state index contributed by atoms with van der Waals surface area (Å²) in [4.78, 5) is 2.59. The lowest BCUT2D eigenvalue weighted by Gasteiger charge is -2.32. The molecule has 0 aromatic heterocycles. The topological polar surface area (TPSA) is 24.5 Å². The molecule has 100 valence electrons. The lowest BCUT2D eigenvalue weighted by Crippen LogP contribution is -2.44. The molecule has 0 aliphatic carbocycles. The maximum Gasteiger partial charge on any atom is 0.0704 e. The van der Waals surface area contributed by atoms with Crippen LogP contribution in [0.15, 0.2) is 0 Å². The third-order valence-corrected chi connectivity index (χ3v) is 4.08. The highest BCUT2D eigenvalue weighted by molar-refractivity contribution is 4.80. The van der Waals surface area contributed by atoms with Gasteiger partial charge < -0.3 is 15.0 Å². The average Bonchev–Trinajstić information content (AvgIpc) is 2.75. The Morgan fingerprint density at radius 3 is 2.53 bits per heavy atom. The van der Waals surface area contributed by atoms with E-state index in [9.17, 15) is 0 Å². The van der Waals surface area contributed by atoms with Gasteiger partial charge in [0.15, 0.2) is 0 Å². The van der Waals surface area contributed by atoms with Crippen LogP contribution in [0.25, 0.3) is 0 Å². The molecule has 1 N–H and O–H groups in total. The minimum atomic E-state index is 0.471. The highest BCUT2D eigenvalue weighted by Crippen LogP contribution is 2.19. The summed E-state index contributed by atoms with van der Waals surface area (Å²) in [6, 6.07) is 0.725. The highest BCUT2D eigenvalue weighted by atomic mass is 16.5. The maximum absolute atomic E-state index is 5.84. The van der Waals surface area contributed by atoms with E-state index in [1.54, 1.807) is 0 Å². The molecule has 0 amide bonds. The first-order chi connectivity index (χ1) is 8.28. The molecule has 0 radical (unpaired) electrons. The Morgan fingerprint density at radius 2 is 1.94 bits per heavy atom. The number of nitrogens with zero attached hydrogens (tertiary/aromatic N) is 1. The van der Waals surface area contributed by atoms with Gasteiger partial charge in [-0.25, -0.2) is 0 Å². The highest BCUT2D eigenvalue weighted by Gasteiger charge is 2.23. The van der Waals surface area contributed by atoms with Crippen molar-refractivity contribution in [2.75, 3.05) is 26.2 Å². The molecule has 0 aromatic carbocycles. The Kier molecular flexibility index (Phi) is 5.26. The first-order valence-electron chi connectivity index (χ1n) is 7.39. The summed E-state index contributed by atoms with van der Waals surface area (Å²) >= 11 is 0. The molecule has 2 aliphatic rings. The fraction of sp³-hybridized carbons (Fsp3) is 1.00. The van der Waals surface area contributed by atoms with Gasteiger partial charge in [-0.3, -0.25) is 0 Å². The number of piperidine rings is 1. The number of ether oxygens (including phenoxy) is 1. The van der Waals surface area contributed by atoms with Gasteiger partial charge in [0.05, 0.1) is 12.2 Å². The van der Waals surface area contributed by atoms with Crippen LogP contribution < -0.4 is 5.32 Å². The second-order valence-corrected chi connectivity index (χ2v) is 5.67. The van der Waals surface area contributed by atoms with Crippen LogP contribution in [-0.4, -0.2) is 49.3 Å². The minimum Gasteiger partial charge on any atom is -0.374 e. The maximum atomic E-state index is 5.84. The second kappa shape index (κ2) is 6.72. The third-order valence-electron chi connectivity index (χ3n) is 4.08. The van der Waals surface area contributed by atoms with Gasteiger partial charge in [0.2, 0.25) is 0 Å². The monoisotopic (exact) mass is 240 g/mol. The molecule has 0 bridgehead atoms. The van der Waals surface area contributed by atoms with E-state index in [0.29, 0.717) is 12.2 Å². The number of hydrogen-bond donors (Lipinski definition) is 1. The molecule has 2 fully saturated rings. The molecule has 3 heteroatoms. The number of rotatable bonds is 5. The van der Waals surface area contributed by atoms with Crippen molar-refractivity contribution in [1.82, 2.24) is 10.2 Å². The van der Waals surface area contributed by atoms with Crippen LogP contribution in [0.4, 0.5) is 0 Å². The Balaban J connectivity index is 1.58. The summed E-state index contributed by atoms with van der Waals surface area (Å²) in [5.74, 6) is 0. The lowest BCUT2D eigenvalue weighted by atomic mass is 10.0. The van der Waals surface area contributed by atoms with Crippen molar-refractivity contribution in [3.8, 4) is 0 Å². The molecule has 2 heterocycles. The van der Waals surface area contributed by atoms with Gasteiger partial charge in [0.1, 0.15) is 0 Å². The standard InChI is InChI=1S/C14H28N2O/c1-3-8-16-9-6-13(7-10-16)15-11-14-5-4-12(2)17-14/h12-15H,3-11H2,1-2H3. The fourth-order valence-corrected chi connectivity index (χ4v) is 3.01. The van der Waals surface area contributed by atoms with Crippen LogP contribution in [0.5, 0.6) is 0 Å². The first kappa shape index (κ1) is 13.3. The van der Waals surface area contributed by atoms with Crippen molar-refractivity contribution in [2.45, 2.75) is 64.2 Å². The van der Waals surface area contributed by atoms with E-state index in [1.807, 2.05) is 0 Å². The summed E-state index contributed by atoms with van der Waals surface area (Å²) < 4.78 is 5.84. The zero-order chi connectivity index (χ0) is 12.1. The number of likely N-dealkylation sites (tertiary alicyclic amines) is 1. The first-order valence-corrected chi connectivity index (χ1v) is 7.39. The van der Waals surface area contributed by atoms with Gasteiger partial charge >= 0.3 is 0 Å². The van der Waals surface area contributed by atoms with Crippen molar-refractivity contribution >= 4 is 0 Å². The molecule has 2 rings (SSSR count). The molecule has 2 aliphatic heterocycles. The Hall–Kier alpha value is -0.120. The van der Waals surface area contributed by atoms with Gasteiger partial charge in [0, 0.05) is 12.6 Å². The molecule has 2 atom stereocenters. The zero-order valence-electron chi connectivity index (χ0n) is 11.5. The van der Waals surface area contributed by atoms with E-state index in [0.717, 1.165) is 12.6 Å². The fourth-order valence-electron chi connectivity index (χ4n) is 3.01. The molecular formula is C14H28N2O. The number of nitrogens with one attached hydrogen (secondary N) is 1. The van der Waals surface area contributed by atoms with Gasteiger partial charge in [0.25, 0.3) is 0 Å². The van der Waals surface area contributed by atoms with E-state index in [-0.39, 0.29) is 0 Å². The van der Waals surface area contributed by atoms with E-state index >= 15 is 0 Å². The summed E-state index contributed by atoms with van der Waals surface area (Å²) in [5.41, 5.74) is 0. The van der Waals surface area contributed by atoms with E-state index in [1.165, 1.54) is 51.7 Å². The predicted octanol–water partition coefficient (Wildman–Crippen LogP) is 2.02. The summed E-state index contributed by atoms with van der Waals surface area (Å²) in [6.07, 6.45) is 7.33. The van der Waals surface area contributed by atoms with Crippen LogP contribution in [0, 0.1) is 0 Å². The molecular weight excluding hydrogens is 212 g/mol. The predicted molar refractivity (Wildman–Crippen MR) is 71.3 cm³/mol. The van der Waals surface area contributed by atoms with Crippen molar-refractivity contribution in [3.05, 3.63) is 0 Å². The van der Waals surface area contributed by atoms with Crippen LogP contribution in [0.1, 0.15) is 46.0 Å². The third kappa shape index (κ3) is 4.23. The molecule has 2 saturated heterocycles. The quantitative estimate of drug-likeness (QED) is 0.795. The SMILES string of the molecule is CCCN1CCC(NCC2CCC(C)O2)CC1. The minimum absolute atomic E-state index is 0.471. The molecule has 3 nitrogen and oxygen atoms in total. The molecule has 2 unspecified atom stereocenters. The Morgan fingerprint density at radius 1 is 1.18 bits per heavy atom. The number of hydrogen-bond acceptors (Lipinski definition) is 3. The smallest absolute Gasteiger partial charge is 0.0704 e. The summed E-state index contributed by atoms with van der Waals surface area (Å²) in [7, 11) is 0. The van der Waals surface area contributed by atoms with Crippen LogP contribution in [0.2, 0.25) is 0 Å². The van der Waals surface area contributed by atoms with Gasteiger partial charge in [-0.2, -0.15) is 0 Å². The van der Waals surface area contributed by atoms with Crippen molar-refractivity contribution < 1.29 is 4.74 Å². The van der Waals surface area contributed by atoms with Crippen LogP contribution in [0.3, 0.4) is 0 Å². The Bertz CT molecular complexity index is 214. The zero-order valence-corrected chi connectivity index (χ0v) is 11.5. The average molecular weight is 240 g/mol. The lowest BCUT2D eigenvalue weighted by molar-refractivity contribution is 0.0523. The normalized spacial score (nSPS) is 32.1. The van der Waals surface area contributed by atoms with Crippen LogP contribution in [-0.2, 0) is 4.74 Å². The second-order valence-electron chi connectivity index (χ2n) is 5.67.